The first-order valence-corrected chi connectivity index (χ1v) is 16.5. The molecule has 0 saturated heterocycles. The Labute approximate surface area is 292 Å². The Morgan fingerprint density at radius 2 is 1.68 bits per heavy atom. The number of aliphatic hydroxyl groups is 1. The smallest absolute Gasteiger partial charge is 0.405 e. The van der Waals surface area contributed by atoms with Gasteiger partial charge in [-0.05, 0) is 63.2 Å². The first-order valence-electron chi connectivity index (χ1n) is 16.5. The molecule has 5 N–H and O–H groups in total. The van der Waals surface area contributed by atoms with Gasteiger partial charge in [-0.2, -0.15) is 0 Å². The Morgan fingerprint density at radius 3 is 2.30 bits per heavy atom. The molecule has 50 heavy (non-hydrogen) atoms. The van der Waals surface area contributed by atoms with Crippen LogP contribution < -0.4 is 16.2 Å². The minimum absolute atomic E-state index is 0.00426. The number of para-hydroxylation sites is 1. The molecule has 6 atom stereocenters. The molecule has 3 rings (SSSR count). The number of allylic oxidation sites excluding steroid dienone is 3. The molecule has 272 valence electrons. The SMILES string of the molecule is COc1ccccc1C(=O)CN1C(=O)/C(C)=C/CC[C@H](OC)[C@@H](OC(N)=O)/C(C)=C/C(C)[C@@H](O)[C@@H](OC)C[C@H](C)CC2=C(N)C(=O)C=C1C2=O. The second-order valence-electron chi connectivity index (χ2n) is 12.8. The van der Waals surface area contributed by atoms with Crippen molar-refractivity contribution in [2.45, 2.75) is 77.8 Å². The summed E-state index contributed by atoms with van der Waals surface area (Å²) in [5, 5.41) is 11.3. The molecule has 0 aromatic heterocycles. The number of ether oxygens (including phenoxy) is 4. The summed E-state index contributed by atoms with van der Waals surface area (Å²) in [6, 6.07) is 6.48. The number of amides is 2. The van der Waals surface area contributed by atoms with E-state index >= 15 is 0 Å². The number of nitrogens with two attached hydrogens (primary N) is 2. The number of Topliss-reactive ketones (excluding diaryl/α,β-unsaturated/α-hetero) is 2. The van der Waals surface area contributed by atoms with Crippen molar-refractivity contribution in [3.63, 3.8) is 0 Å². The average Bonchev–Trinajstić information content (AvgIpc) is 3.09. The normalized spacial score (nSPS) is 28.3. The van der Waals surface area contributed by atoms with Gasteiger partial charge in [0.05, 0.1) is 48.9 Å². The summed E-state index contributed by atoms with van der Waals surface area (Å²) in [6.07, 6.45) is 0.858. The van der Waals surface area contributed by atoms with Crippen LogP contribution in [0.15, 0.2) is 70.6 Å². The van der Waals surface area contributed by atoms with Crippen molar-refractivity contribution in [3.05, 3.63) is 76.2 Å². The van der Waals surface area contributed by atoms with E-state index in [1.807, 2.05) is 6.92 Å². The van der Waals surface area contributed by atoms with Gasteiger partial charge >= 0.3 is 6.09 Å². The third kappa shape index (κ3) is 9.55. The lowest BCUT2D eigenvalue weighted by Gasteiger charge is -2.30. The third-order valence-corrected chi connectivity index (χ3v) is 9.12. The first-order chi connectivity index (χ1) is 23.6. The molecular weight excluding hydrogens is 646 g/mol. The molecule has 1 aromatic rings. The Bertz CT molecular complexity index is 1590. The van der Waals surface area contributed by atoms with E-state index in [0.717, 1.165) is 11.0 Å². The first kappa shape index (κ1) is 39.8. The topological polar surface area (TPSA) is 198 Å². The Balaban J connectivity index is 2.15. The highest BCUT2D eigenvalue weighted by atomic mass is 16.6. The molecule has 13 nitrogen and oxygen atoms in total. The van der Waals surface area contributed by atoms with Crippen molar-refractivity contribution in [1.82, 2.24) is 4.90 Å². The van der Waals surface area contributed by atoms with E-state index < -0.39 is 66.2 Å². The van der Waals surface area contributed by atoms with Crippen molar-refractivity contribution >= 4 is 29.4 Å². The summed E-state index contributed by atoms with van der Waals surface area (Å²) in [7, 11) is 4.32. The number of fused-ring (bicyclic) bond motifs is 2. The summed E-state index contributed by atoms with van der Waals surface area (Å²) in [4.78, 5) is 68.1. The molecule has 0 saturated carbocycles. The lowest BCUT2D eigenvalue weighted by Crippen LogP contribution is -2.41. The monoisotopic (exact) mass is 695 g/mol. The van der Waals surface area contributed by atoms with Crippen molar-refractivity contribution in [2.24, 2.45) is 23.3 Å². The minimum atomic E-state index is -1.01. The van der Waals surface area contributed by atoms with Gasteiger partial charge in [0.25, 0.3) is 5.91 Å². The molecule has 1 unspecified atom stereocenters. The molecular formula is C37H49N3O10. The van der Waals surface area contributed by atoms with Crippen molar-refractivity contribution < 1.29 is 48.0 Å². The van der Waals surface area contributed by atoms with Gasteiger partial charge in [-0.25, -0.2) is 4.79 Å². The third-order valence-electron chi connectivity index (χ3n) is 9.12. The van der Waals surface area contributed by atoms with E-state index in [2.05, 4.69) is 0 Å². The fourth-order valence-electron chi connectivity index (χ4n) is 6.36. The number of carbonyl (C=O) groups excluding carboxylic acids is 5. The van der Waals surface area contributed by atoms with Gasteiger partial charge in [0.2, 0.25) is 11.6 Å². The van der Waals surface area contributed by atoms with Crippen LogP contribution >= 0.6 is 0 Å². The highest BCUT2D eigenvalue weighted by Crippen LogP contribution is 2.31. The number of primary amides is 1. The fourth-order valence-corrected chi connectivity index (χ4v) is 6.36. The summed E-state index contributed by atoms with van der Waals surface area (Å²) in [6.45, 7) is 6.31. The van der Waals surface area contributed by atoms with Gasteiger partial charge in [0.1, 0.15) is 5.75 Å². The molecule has 2 bridgehead atoms. The number of methoxy groups -OCH3 is 3. The maximum atomic E-state index is 14.1. The van der Waals surface area contributed by atoms with E-state index in [9.17, 15) is 29.1 Å². The predicted octanol–water partition coefficient (Wildman–Crippen LogP) is 3.55. The highest BCUT2D eigenvalue weighted by molar-refractivity contribution is 6.24. The number of nitrogens with zero attached hydrogens (tertiary/aromatic N) is 1. The van der Waals surface area contributed by atoms with Crippen molar-refractivity contribution in [2.75, 3.05) is 27.9 Å². The number of aliphatic hydroxyl groups excluding tert-OH is 1. The average molecular weight is 696 g/mol. The van der Waals surface area contributed by atoms with Crippen LogP contribution in [-0.4, -0.2) is 91.6 Å². The van der Waals surface area contributed by atoms with E-state index in [1.165, 1.54) is 28.3 Å². The molecule has 1 aliphatic carbocycles. The zero-order valence-electron chi connectivity index (χ0n) is 29.8. The van der Waals surface area contributed by atoms with Gasteiger partial charge in [-0.3, -0.25) is 24.1 Å². The standard InChI is InChI=1S/C37H49N3O10/c1-20-15-25-32(38)27(41)18-26(34(25)44)40(19-28(42)24-12-8-9-13-29(24)47-5)36(45)21(2)11-10-14-30(48-6)35(50-37(39)46)23(4)17-22(3)33(43)31(16-20)49-7/h8-9,11-13,17-18,20,22,30-31,33,35,43H,10,14-16,19,38H2,1-7H3,(H2,39,46)/b21-11+,23-17+/t20-,22?,30+,31+,33-,35+/m1/s1. The van der Waals surface area contributed by atoms with Crippen LogP contribution in [0.4, 0.5) is 4.79 Å². The molecule has 1 aromatic carbocycles. The zero-order chi connectivity index (χ0) is 37.3. The second-order valence-corrected chi connectivity index (χ2v) is 12.8. The summed E-state index contributed by atoms with van der Waals surface area (Å²) in [5.74, 6) is -3.07. The summed E-state index contributed by atoms with van der Waals surface area (Å²) < 4.78 is 22.2. The summed E-state index contributed by atoms with van der Waals surface area (Å²) >= 11 is 0. The van der Waals surface area contributed by atoms with E-state index in [1.54, 1.807) is 50.3 Å². The van der Waals surface area contributed by atoms with Gasteiger partial charge < -0.3 is 35.5 Å². The molecule has 1 aliphatic heterocycles. The highest BCUT2D eigenvalue weighted by Gasteiger charge is 2.36. The molecule has 2 amide bonds. The molecule has 0 spiro atoms. The molecule has 13 heteroatoms. The number of carbonyl (C=O) groups is 5. The largest absolute Gasteiger partial charge is 0.496 e. The van der Waals surface area contributed by atoms with Crippen LogP contribution in [0.5, 0.6) is 5.75 Å². The van der Waals surface area contributed by atoms with Gasteiger partial charge in [0.15, 0.2) is 11.9 Å². The van der Waals surface area contributed by atoms with Crippen molar-refractivity contribution in [3.8, 4) is 5.75 Å². The Hall–Kier alpha value is -4.59. The lowest BCUT2D eigenvalue weighted by molar-refractivity contribution is -0.128. The minimum Gasteiger partial charge on any atom is -0.496 e. The van der Waals surface area contributed by atoms with Gasteiger partial charge in [0, 0.05) is 37.4 Å². The van der Waals surface area contributed by atoms with Gasteiger partial charge in [-0.15, -0.1) is 0 Å². The van der Waals surface area contributed by atoms with Crippen LogP contribution in [0.25, 0.3) is 0 Å². The van der Waals surface area contributed by atoms with Crippen LogP contribution in [0.3, 0.4) is 0 Å². The van der Waals surface area contributed by atoms with Crippen molar-refractivity contribution in [1.29, 1.82) is 0 Å². The maximum Gasteiger partial charge on any atom is 0.405 e. The van der Waals surface area contributed by atoms with Crippen LogP contribution in [0.1, 0.15) is 63.7 Å². The lowest BCUT2D eigenvalue weighted by atomic mass is 9.85. The van der Waals surface area contributed by atoms with Crippen LogP contribution in [0, 0.1) is 11.8 Å². The molecule has 0 radical (unpaired) electrons. The van der Waals surface area contributed by atoms with Crippen LogP contribution in [-0.2, 0) is 28.6 Å². The zero-order valence-corrected chi connectivity index (χ0v) is 29.8. The Morgan fingerprint density at radius 1 is 1.02 bits per heavy atom. The molecule has 0 fully saturated rings. The molecule has 1 heterocycles. The number of hydrogen-bond acceptors (Lipinski definition) is 11. The van der Waals surface area contributed by atoms with E-state index in [-0.39, 0.29) is 65.5 Å². The number of benzene rings is 1. The fraction of sp³-hybridized carbons (Fsp3) is 0.486. The predicted molar refractivity (Wildman–Crippen MR) is 185 cm³/mol. The summed E-state index contributed by atoms with van der Waals surface area (Å²) in [5.41, 5.74) is 12.0. The van der Waals surface area contributed by atoms with Crippen LogP contribution in [0.2, 0.25) is 0 Å². The number of ketones is 3. The molecule has 2 aliphatic rings. The Kier molecular flexibility index (Phi) is 14.3. The van der Waals surface area contributed by atoms with E-state index in [0.29, 0.717) is 5.57 Å². The quantitative estimate of drug-likeness (QED) is 0.214. The second kappa shape index (κ2) is 17.9. The van der Waals surface area contributed by atoms with E-state index in [4.69, 9.17) is 30.4 Å². The maximum absolute atomic E-state index is 14.1. The number of rotatable bonds is 7. The van der Waals surface area contributed by atoms with Gasteiger partial charge in [-0.1, -0.05) is 38.1 Å². The number of hydrogen-bond donors (Lipinski definition) is 3.